The summed E-state index contributed by atoms with van der Waals surface area (Å²) < 4.78 is 7.23. The number of amides is 2. The summed E-state index contributed by atoms with van der Waals surface area (Å²) in [5, 5.41) is 5.94. The number of carbonyl (C=O) groups excluding carboxylic acids is 2. The summed E-state index contributed by atoms with van der Waals surface area (Å²) in [7, 11) is 1.51. The topological polar surface area (TPSA) is 102 Å². The standard InChI is InChI=1S/C24H21BrN4O4S/c1-13-8-9-16(15(25)10-13)28-22(31)21-14(2)20-23(34-21)26-12-29(24(20)32)11-19(30)27-17-6-4-5-7-18(17)33-3/h4-10,12H,11H2,1-3H3,(H,27,30)(H,28,31). The second kappa shape index (κ2) is 9.78. The van der Waals surface area contributed by atoms with Crippen LogP contribution in [0.2, 0.25) is 0 Å². The highest BCUT2D eigenvalue weighted by molar-refractivity contribution is 9.10. The lowest BCUT2D eigenvalue weighted by Crippen LogP contribution is -2.28. The third-order valence-electron chi connectivity index (χ3n) is 5.19. The fourth-order valence-electron chi connectivity index (χ4n) is 3.48. The Kier molecular flexibility index (Phi) is 6.80. The smallest absolute Gasteiger partial charge is 0.266 e. The maximum atomic E-state index is 13.1. The van der Waals surface area contributed by atoms with Crippen molar-refractivity contribution in [2.75, 3.05) is 17.7 Å². The number of hydrogen-bond donors (Lipinski definition) is 2. The Morgan fingerprint density at radius 3 is 2.62 bits per heavy atom. The number of hydrogen-bond acceptors (Lipinski definition) is 6. The van der Waals surface area contributed by atoms with E-state index in [1.165, 1.54) is 18.0 Å². The molecule has 0 aliphatic carbocycles. The van der Waals surface area contributed by atoms with Crippen LogP contribution in [0, 0.1) is 13.8 Å². The second-order valence-corrected chi connectivity index (χ2v) is 9.45. The Morgan fingerprint density at radius 1 is 1.12 bits per heavy atom. The molecule has 0 radical (unpaired) electrons. The monoisotopic (exact) mass is 540 g/mol. The number of aryl methyl sites for hydroxylation is 2. The van der Waals surface area contributed by atoms with Crippen molar-refractivity contribution in [2.45, 2.75) is 20.4 Å². The van der Waals surface area contributed by atoms with Crippen molar-refractivity contribution in [2.24, 2.45) is 0 Å². The highest BCUT2D eigenvalue weighted by atomic mass is 79.9. The van der Waals surface area contributed by atoms with Crippen molar-refractivity contribution in [3.63, 3.8) is 0 Å². The van der Waals surface area contributed by atoms with Crippen molar-refractivity contribution in [1.82, 2.24) is 9.55 Å². The van der Waals surface area contributed by atoms with Gasteiger partial charge in [-0.1, -0.05) is 18.2 Å². The van der Waals surface area contributed by atoms with Crippen LogP contribution in [0.4, 0.5) is 11.4 Å². The molecule has 2 aromatic heterocycles. The molecule has 0 aliphatic rings. The molecule has 8 nitrogen and oxygen atoms in total. The van der Waals surface area contributed by atoms with Crippen LogP contribution in [0.5, 0.6) is 5.75 Å². The Balaban J connectivity index is 1.59. The normalized spacial score (nSPS) is 10.8. The number of anilines is 2. The quantitative estimate of drug-likeness (QED) is 0.367. The maximum Gasteiger partial charge on any atom is 0.266 e. The lowest BCUT2D eigenvalue weighted by atomic mass is 10.2. The van der Waals surface area contributed by atoms with Gasteiger partial charge in [-0.2, -0.15) is 0 Å². The van der Waals surface area contributed by atoms with Crippen LogP contribution in [-0.4, -0.2) is 28.5 Å². The van der Waals surface area contributed by atoms with Crippen LogP contribution in [0.3, 0.4) is 0 Å². The van der Waals surface area contributed by atoms with Crippen LogP contribution in [0.1, 0.15) is 20.8 Å². The van der Waals surface area contributed by atoms with Gasteiger partial charge < -0.3 is 15.4 Å². The molecule has 4 aromatic rings. The van der Waals surface area contributed by atoms with E-state index in [0.29, 0.717) is 37.8 Å². The van der Waals surface area contributed by atoms with E-state index < -0.39 is 5.91 Å². The summed E-state index contributed by atoms with van der Waals surface area (Å²) in [4.78, 5) is 43.8. The predicted octanol–water partition coefficient (Wildman–Crippen LogP) is 4.74. The molecule has 0 saturated heterocycles. The largest absolute Gasteiger partial charge is 0.495 e. The van der Waals surface area contributed by atoms with Crippen LogP contribution < -0.4 is 20.9 Å². The minimum absolute atomic E-state index is 0.229. The molecule has 2 N–H and O–H groups in total. The van der Waals surface area contributed by atoms with E-state index >= 15 is 0 Å². The number of benzene rings is 2. The highest BCUT2D eigenvalue weighted by Crippen LogP contribution is 2.29. The van der Waals surface area contributed by atoms with E-state index in [1.807, 2.05) is 25.1 Å². The number of para-hydroxylation sites is 2. The minimum atomic E-state index is -0.400. The van der Waals surface area contributed by atoms with Crippen LogP contribution in [0.15, 0.2) is 58.1 Å². The lowest BCUT2D eigenvalue weighted by Gasteiger charge is -2.10. The van der Waals surface area contributed by atoms with Crippen molar-refractivity contribution in [1.29, 1.82) is 0 Å². The van der Waals surface area contributed by atoms with Gasteiger partial charge in [0.1, 0.15) is 17.1 Å². The number of halogens is 1. The van der Waals surface area contributed by atoms with Gasteiger partial charge in [-0.3, -0.25) is 19.0 Å². The molecule has 0 spiro atoms. The summed E-state index contributed by atoms with van der Waals surface area (Å²) >= 11 is 4.60. The van der Waals surface area contributed by atoms with Gasteiger partial charge in [-0.25, -0.2) is 4.98 Å². The summed E-state index contributed by atoms with van der Waals surface area (Å²) in [6.07, 6.45) is 1.32. The molecule has 2 aromatic carbocycles. The molecule has 0 saturated carbocycles. The molecule has 0 atom stereocenters. The number of methoxy groups -OCH3 is 1. The Labute approximate surface area is 207 Å². The molecule has 10 heteroatoms. The van der Waals surface area contributed by atoms with Gasteiger partial charge in [0.25, 0.3) is 11.5 Å². The number of fused-ring (bicyclic) bond motifs is 1. The van der Waals surface area contributed by atoms with E-state index in [-0.39, 0.29) is 18.0 Å². The molecule has 34 heavy (non-hydrogen) atoms. The van der Waals surface area contributed by atoms with Crippen LogP contribution in [-0.2, 0) is 11.3 Å². The molecule has 0 fully saturated rings. The fraction of sp³-hybridized carbons (Fsp3) is 0.167. The predicted molar refractivity (Wildman–Crippen MR) is 137 cm³/mol. The van der Waals surface area contributed by atoms with E-state index in [9.17, 15) is 14.4 Å². The van der Waals surface area contributed by atoms with E-state index in [0.717, 1.165) is 21.4 Å². The summed E-state index contributed by atoms with van der Waals surface area (Å²) in [6.45, 7) is 3.44. The fourth-order valence-corrected chi connectivity index (χ4v) is 5.11. The molecule has 0 unspecified atom stereocenters. The van der Waals surface area contributed by atoms with Crippen molar-refractivity contribution in [3.8, 4) is 5.75 Å². The first-order valence-corrected chi connectivity index (χ1v) is 11.9. The Morgan fingerprint density at radius 2 is 1.88 bits per heavy atom. The van der Waals surface area contributed by atoms with Crippen molar-refractivity contribution < 1.29 is 14.3 Å². The molecule has 174 valence electrons. The first-order valence-electron chi connectivity index (χ1n) is 10.3. The number of carbonyl (C=O) groups is 2. The molecule has 0 bridgehead atoms. The zero-order valence-corrected chi connectivity index (χ0v) is 21.0. The SMILES string of the molecule is COc1ccccc1NC(=O)Cn1cnc2sc(C(=O)Nc3ccc(C)cc3Br)c(C)c2c1=O. The lowest BCUT2D eigenvalue weighted by molar-refractivity contribution is -0.116. The van der Waals surface area contributed by atoms with Gasteiger partial charge in [0.05, 0.1) is 35.1 Å². The van der Waals surface area contributed by atoms with Crippen LogP contribution in [0.25, 0.3) is 10.2 Å². The molecule has 4 rings (SSSR count). The summed E-state index contributed by atoms with van der Waals surface area (Å²) in [5.74, 6) is -0.214. The third-order valence-corrected chi connectivity index (χ3v) is 7.05. The van der Waals surface area contributed by atoms with Gasteiger partial charge >= 0.3 is 0 Å². The molecular weight excluding hydrogens is 520 g/mol. The maximum absolute atomic E-state index is 13.1. The molecular formula is C24H21BrN4O4S. The van der Waals surface area contributed by atoms with E-state index in [1.54, 1.807) is 31.2 Å². The van der Waals surface area contributed by atoms with Gasteiger partial charge in [0.2, 0.25) is 5.91 Å². The Bertz CT molecular complexity index is 1480. The molecule has 2 heterocycles. The molecule has 0 aliphatic heterocycles. The zero-order chi connectivity index (χ0) is 24.4. The average molecular weight is 541 g/mol. The van der Waals surface area contributed by atoms with Gasteiger partial charge in [-0.05, 0) is 65.2 Å². The molecule has 2 amide bonds. The first-order chi connectivity index (χ1) is 16.3. The average Bonchev–Trinajstić information content (AvgIpc) is 3.15. The van der Waals surface area contributed by atoms with Gasteiger partial charge in [0, 0.05) is 4.47 Å². The highest BCUT2D eigenvalue weighted by Gasteiger charge is 2.21. The summed E-state index contributed by atoms with van der Waals surface area (Å²) in [6, 6.07) is 12.6. The number of thiophene rings is 1. The number of nitrogens with one attached hydrogen (secondary N) is 2. The number of rotatable bonds is 6. The third kappa shape index (κ3) is 4.73. The summed E-state index contributed by atoms with van der Waals surface area (Å²) in [5.41, 5.74) is 2.33. The number of aromatic nitrogens is 2. The second-order valence-electron chi connectivity index (χ2n) is 7.60. The number of nitrogens with zero attached hydrogens (tertiary/aromatic N) is 2. The van der Waals surface area contributed by atoms with E-state index in [4.69, 9.17) is 4.74 Å². The first kappa shape index (κ1) is 23.7. The zero-order valence-electron chi connectivity index (χ0n) is 18.6. The minimum Gasteiger partial charge on any atom is -0.495 e. The van der Waals surface area contributed by atoms with Crippen molar-refractivity contribution >= 4 is 60.7 Å². The van der Waals surface area contributed by atoms with Crippen molar-refractivity contribution in [3.05, 3.63) is 79.6 Å². The number of ether oxygens (including phenoxy) is 1. The van der Waals surface area contributed by atoms with E-state index in [2.05, 4.69) is 31.5 Å². The van der Waals surface area contributed by atoms with Gasteiger partial charge in [0.15, 0.2) is 0 Å². The van der Waals surface area contributed by atoms with Gasteiger partial charge in [-0.15, -0.1) is 11.3 Å². The van der Waals surface area contributed by atoms with Crippen LogP contribution >= 0.6 is 27.3 Å². The Hall–Kier alpha value is -3.50.